The van der Waals surface area contributed by atoms with Crippen LogP contribution in [0.4, 0.5) is 0 Å². The standard InChI is InChI=1S/C8H13N/c1-8(2,3)6-4-5-7-9/h4,6H,5H2,1-3H3. The Kier molecular flexibility index (Phi) is 3.01. The molecule has 0 spiro atoms. The van der Waals surface area contributed by atoms with E-state index in [-0.39, 0.29) is 5.41 Å². The van der Waals surface area contributed by atoms with Crippen LogP contribution >= 0.6 is 0 Å². The first-order valence-corrected chi connectivity index (χ1v) is 3.11. The minimum Gasteiger partial charge on any atom is -0.198 e. The molecule has 0 N–H and O–H groups in total. The predicted molar refractivity (Wildman–Crippen MR) is 38.8 cm³/mol. The monoisotopic (exact) mass is 123 g/mol. The van der Waals surface area contributed by atoms with E-state index in [1.54, 1.807) is 0 Å². The van der Waals surface area contributed by atoms with Crippen LogP contribution in [-0.2, 0) is 0 Å². The molecular formula is C8H13N. The summed E-state index contributed by atoms with van der Waals surface area (Å²) >= 11 is 0. The van der Waals surface area contributed by atoms with Crippen molar-refractivity contribution in [2.75, 3.05) is 0 Å². The van der Waals surface area contributed by atoms with Gasteiger partial charge in [-0.2, -0.15) is 5.26 Å². The molecule has 50 valence electrons. The molecule has 0 saturated carbocycles. The van der Waals surface area contributed by atoms with Crippen molar-refractivity contribution in [2.24, 2.45) is 5.41 Å². The molecule has 0 aliphatic heterocycles. The van der Waals surface area contributed by atoms with Crippen molar-refractivity contribution in [1.82, 2.24) is 0 Å². The average Bonchev–Trinajstić information content (AvgIpc) is 1.63. The van der Waals surface area contributed by atoms with Crippen molar-refractivity contribution < 1.29 is 0 Å². The smallest absolute Gasteiger partial charge is 0.0663 e. The number of hydrogen-bond acceptors (Lipinski definition) is 1. The Balaban J connectivity index is 3.61. The normalized spacial score (nSPS) is 11.8. The van der Waals surface area contributed by atoms with E-state index in [1.165, 1.54) is 0 Å². The maximum Gasteiger partial charge on any atom is 0.0663 e. The molecule has 0 saturated heterocycles. The van der Waals surface area contributed by atoms with Crippen LogP contribution in [0.3, 0.4) is 0 Å². The molecule has 0 fully saturated rings. The van der Waals surface area contributed by atoms with Gasteiger partial charge in [0.1, 0.15) is 0 Å². The second kappa shape index (κ2) is 3.29. The van der Waals surface area contributed by atoms with Gasteiger partial charge in [-0.15, -0.1) is 0 Å². The Morgan fingerprint density at radius 3 is 2.33 bits per heavy atom. The van der Waals surface area contributed by atoms with Gasteiger partial charge < -0.3 is 0 Å². The van der Waals surface area contributed by atoms with Crippen LogP contribution in [0.15, 0.2) is 12.2 Å². The van der Waals surface area contributed by atoms with Crippen molar-refractivity contribution in [3.63, 3.8) is 0 Å². The summed E-state index contributed by atoms with van der Waals surface area (Å²) in [6.45, 7) is 6.34. The summed E-state index contributed by atoms with van der Waals surface area (Å²) in [7, 11) is 0. The van der Waals surface area contributed by atoms with Crippen LogP contribution in [0, 0.1) is 16.7 Å². The Labute approximate surface area is 57.0 Å². The molecule has 0 bridgehead atoms. The van der Waals surface area contributed by atoms with Gasteiger partial charge >= 0.3 is 0 Å². The van der Waals surface area contributed by atoms with E-state index in [0.717, 1.165) is 0 Å². The molecule has 0 unspecified atom stereocenters. The van der Waals surface area contributed by atoms with E-state index in [1.807, 2.05) is 6.08 Å². The van der Waals surface area contributed by atoms with E-state index >= 15 is 0 Å². The fraction of sp³-hybridized carbons (Fsp3) is 0.625. The van der Waals surface area contributed by atoms with Crippen molar-refractivity contribution in [3.05, 3.63) is 12.2 Å². The number of hydrogen-bond donors (Lipinski definition) is 0. The van der Waals surface area contributed by atoms with Gasteiger partial charge in [0.25, 0.3) is 0 Å². The van der Waals surface area contributed by atoms with E-state index in [2.05, 4.69) is 32.9 Å². The lowest BCUT2D eigenvalue weighted by atomic mass is 9.96. The third-order valence-electron chi connectivity index (χ3n) is 0.827. The highest BCUT2D eigenvalue weighted by Gasteiger charge is 2.01. The van der Waals surface area contributed by atoms with Crippen LogP contribution in [0.2, 0.25) is 0 Å². The summed E-state index contributed by atoms with van der Waals surface area (Å²) in [5.74, 6) is 0. The third kappa shape index (κ3) is 7.23. The summed E-state index contributed by atoms with van der Waals surface area (Å²) in [4.78, 5) is 0. The van der Waals surface area contributed by atoms with Crippen molar-refractivity contribution >= 4 is 0 Å². The molecule has 0 atom stereocenters. The van der Waals surface area contributed by atoms with E-state index in [9.17, 15) is 0 Å². The molecule has 1 heteroatoms. The molecule has 1 nitrogen and oxygen atoms in total. The van der Waals surface area contributed by atoms with Gasteiger partial charge in [-0.25, -0.2) is 0 Å². The lowest BCUT2D eigenvalue weighted by Gasteiger charge is -2.09. The zero-order valence-corrected chi connectivity index (χ0v) is 6.31. The molecular weight excluding hydrogens is 110 g/mol. The van der Waals surface area contributed by atoms with E-state index in [0.29, 0.717) is 6.42 Å². The lowest BCUT2D eigenvalue weighted by Crippen LogP contribution is -1.97. The van der Waals surface area contributed by atoms with Gasteiger partial charge in [0.2, 0.25) is 0 Å². The lowest BCUT2D eigenvalue weighted by molar-refractivity contribution is 0.543. The minimum absolute atomic E-state index is 0.219. The predicted octanol–water partition coefficient (Wildman–Crippen LogP) is 2.50. The molecule has 0 rings (SSSR count). The molecule has 0 aromatic heterocycles. The van der Waals surface area contributed by atoms with Crippen molar-refractivity contribution in [1.29, 1.82) is 5.26 Å². The highest BCUT2D eigenvalue weighted by atomic mass is 14.2. The van der Waals surface area contributed by atoms with Crippen LogP contribution in [0.1, 0.15) is 27.2 Å². The highest BCUT2D eigenvalue weighted by Crippen LogP contribution is 2.14. The maximum absolute atomic E-state index is 8.16. The summed E-state index contributed by atoms with van der Waals surface area (Å²) in [5, 5.41) is 8.16. The van der Waals surface area contributed by atoms with Gasteiger partial charge in [-0.1, -0.05) is 32.9 Å². The summed E-state index contributed by atoms with van der Waals surface area (Å²) in [5.41, 5.74) is 0.219. The number of allylic oxidation sites excluding steroid dienone is 2. The molecule has 0 radical (unpaired) electrons. The number of nitriles is 1. The van der Waals surface area contributed by atoms with E-state index in [4.69, 9.17) is 5.26 Å². The van der Waals surface area contributed by atoms with Gasteiger partial charge in [-0.3, -0.25) is 0 Å². The van der Waals surface area contributed by atoms with Crippen LogP contribution in [-0.4, -0.2) is 0 Å². The summed E-state index contributed by atoms with van der Waals surface area (Å²) in [6, 6.07) is 2.05. The van der Waals surface area contributed by atoms with Crippen LogP contribution < -0.4 is 0 Å². The Morgan fingerprint density at radius 1 is 1.44 bits per heavy atom. The summed E-state index contributed by atoms with van der Waals surface area (Å²) < 4.78 is 0. The molecule has 0 aliphatic carbocycles. The zero-order valence-electron chi connectivity index (χ0n) is 6.31. The summed E-state index contributed by atoms with van der Waals surface area (Å²) in [6.07, 6.45) is 4.48. The molecule has 0 amide bonds. The number of rotatable bonds is 1. The van der Waals surface area contributed by atoms with Gasteiger partial charge in [0.05, 0.1) is 12.5 Å². The van der Waals surface area contributed by atoms with Crippen LogP contribution in [0.25, 0.3) is 0 Å². The largest absolute Gasteiger partial charge is 0.198 e. The maximum atomic E-state index is 8.16. The van der Waals surface area contributed by atoms with Gasteiger partial charge in [0, 0.05) is 0 Å². The first-order chi connectivity index (χ1) is 4.06. The Hall–Kier alpha value is -0.770. The van der Waals surface area contributed by atoms with E-state index < -0.39 is 0 Å². The molecule has 0 aromatic carbocycles. The zero-order chi connectivity index (χ0) is 7.33. The minimum atomic E-state index is 0.219. The molecule has 0 heterocycles. The quantitative estimate of drug-likeness (QED) is 0.491. The van der Waals surface area contributed by atoms with Crippen LogP contribution in [0.5, 0.6) is 0 Å². The molecule has 0 aliphatic rings. The second-order valence-electron chi connectivity index (χ2n) is 3.13. The fourth-order valence-corrected chi connectivity index (χ4v) is 0.465. The average molecular weight is 123 g/mol. The molecule has 0 aromatic rings. The fourth-order valence-electron chi connectivity index (χ4n) is 0.465. The Morgan fingerprint density at radius 2 is 2.00 bits per heavy atom. The SMILES string of the molecule is CC(C)(C)C=CCC#N. The van der Waals surface area contributed by atoms with Gasteiger partial charge in [0.15, 0.2) is 0 Å². The topological polar surface area (TPSA) is 23.8 Å². The van der Waals surface area contributed by atoms with Gasteiger partial charge in [-0.05, 0) is 5.41 Å². The second-order valence-corrected chi connectivity index (χ2v) is 3.13. The highest BCUT2D eigenvalue weighted by molar-refractivity contribution is 4.96. The first-order valence-electron chi connectivity index (χ1n) is 3.11. The third-order valence-corrected chi connectivity index (χ3v) is 0.827. The number of nitrogens with zero attached hydrogens (tertiary/aromatic N) is 1. The Bertz CT molecular complexity index is 132. The first kappa shape index (κ1) is 8.23. The van der Waals surface area contributed by atoms with Crippen molar-refractivity contribution in [2.45, 2.75) is 27.2 Å². The molecule has 9 heavy (non-hydrogen) atoms. The van der Waals surface area contributed by atoms with Crippen molar-refractivity contribution in [3.8, 4) is 6.07 Å².